The maximum atomic E-state index is 13.5. The fourth-order valence-electron chi connectivity index (χ4n) is 1.93. The van der Waals surface area contributed by atoms with Crippen molar-refractivity contribution in [2.75, 3.05) is 7.05 Å². The molecule has 0 unspecified atom stereocenters. The van der Waals surface area contributed by atoms with E-state index in [1.165, 1.54) is 24.3 Å². The summed E-state index contributed by atoms with van der Waals surface area (Å²) in [5.41, 5.74) is 1.40. The molecule has 0 heterocycles. The SMILES string of the molecule is CNCc1cc(F)cc(Oc2cc([N+](=O)[O-])ccc2C)c1. The highest BCUT2D eigenvalue weighted by Crippen LogP contribution is 2.29. The Balaban J connectivity index is 2.33. The molecule has 0 atom stereocenters. The number of nitrogens with zero attached hydrogens (tertiary/aromatic N) is 1. The minimum atomic E-state index is -0.496. The van der Waals surface area contributed by atoms with Crippen LogP contribution in [0.5, 0.6) is 11.5 Å². The standard InChI is InChI=1S/C15H15FN2O3/c1-10-3-4-13(18(19)20)8-15(10)21-14-6-11(9-17-2)5-12(16)7-14/h3-8,17H,9H2,1-2H3. The molecule has 21 heavy (non-hydrogen) atoms. The molecule has 1 N–H and O–H groups in total. The quantitative estimate of drug-likeness (QED) is 0.675. The molecule has 0 aliphatic rings. The number of nitro benzene ring substituents is 1. The van der Waals surface area contributed by atoms with Gasteiger partial charge in [0, 0.05) is 18.7 Å². The average molecular weight is 290 g/mol. The number of hydrogen-bond donors (Lipinski definition) is 1. The lowest BCUT2D eigenvalue weighted by Crippen LogP contribution is -2.05. The van der Waals surface area contributed by atoms with Crippen LogP contribution < -0.4 is 10.1 Å². The summed E-state index contributed by atoms with van der Waals surface area (Å²) in [5, 5.41) is 13.7. The lowest BCUT2D eigenvalue weighted by atomic mass is 10.2. The summed E-state index contributed by atoms with van der Waals surface area (Å²) in [4.78, 5) is 10.3. The number of hydrogen-bond acceptors (Lipinski definition) is 4. The number of aryl methyl sites for hydroxylation is 1. The largest absolute Gasteiger partial charge is 0.457 e. The van der Waals surface area contributed by atoms with Gasteiger partial charge in [-0.15, -0.1) is 0 Å². The van der Waals surface area contributed by atoms with E-state index < -0.39 is 10.7 Å². The molecule has 0 aliphatic carbocycles. The molecule has 2 aromatic carbocycles. The molecule has 0 fully saturated rings. The van der Waals surface area contributed by atoms with Crippen LogP contribution in [0.1, 0.15) is 11.1 Å². The van der Waals surface area contributed by atoms with Crippen molar-refractivity contribution in [1.82, 2.24) is 5.32 Å². The van der Waals surface area contributed by atoms with Gasteiger partial charge in [0.2, 0.25) is 0 Å². The third-order valence-electron chi connectivity index (χ3n) is 2.92. The highest BCUT2D eigenvalue weighted by atomic mass is 19.1. The van der Waals surface area contributed by atoms with E-state index in [0.29, 0.717) is 18.0 Å². The van der Waals surface area contributed by atoms with Crippen molar-refractivity contribution in [2.24, 2.45) is 0 Å². The number of rotatable bonds is 5. The zero-order valence-electron chi connectivity index (χ0n) is 11.7. The monoisotopic (exact) mass is 290 g/mol. The third kappa shape index (κ3) is 3.76. The predicted molar refractivity (Wildman–Crippen MR) is 77.1 cm³/mol. The Labute approximate surface area is 121 Å². The molecule has 0 saturated carbocycles. The zero-order chi connectivity index (χ0) is 15.4. The molecule has 0 aliphatic heterocycles. The van der Waals surface area contributed by atoms with Crippen LogP contribution in [0.15, 0.2) is 36.4 Å². The molecule has 2 rings (SSSR count). The van der Waals surface area contributed by atoms with Gasteiger partial charge in [0.15, 0.2) is 0 Å². The Hall–Kier alpha value is -2.47. The third-order valence-corrected chi connectivity index (χ3v) is 2.92. The summed E-state index contributed by atoms with van der Waals surface area (Å²) in [7, 11) is 1.76. The summed E-state index contributed by atoms with van der Waals surface area (Å²) >= 11 is 0. The van der Waals surface area contributed by atoms with Crippen LogP contribution in [0.25, 0.3) is 0 Å². The lowest BCUT2D eigenvalue weighted by molar-refractivity contribution is -0.384. The van der Waals surface area contributed by atoms with Gasteiger partial charge in [-0.3, -0.25) is 10.1 Å². The smallest absolute Gasteiger partial charge is 0.273 e. The normalized spacial score (nSPS) is 10.4. The van der Waals surface area contributed by atoms with Crippen LogP contribution in [-0.2, 0) is 6.54 Å². The van der Waals surface area contributed by atoms with Gasteiger partial charge in [-0.25, -0.2) is 4.39 Å². The Bertz CT molecular complexity index is 674. The number of nitrogens with one attached hydrogen (secondary N) is 1. The van der Waals surface area contributed by atoms with Crippen molar-refractivity contribution in [2.45, 2.75) is 13.5 Å². The van der Waals surface area contributed by atoms with E-state index in [0.717, 1.165) is 11.1 Å². The van der Waals surface area contributed by atoms with Crippen molar-refractivity contribution >= 4 is 5.69 Å². The van der Waals surface area contributed by atoms with E-state index >= 15 is 0 Å². The van der Waals surface area contributed by atoms with Gasteiger partial charge in [-0.05, 0) is 43.3 Å². The number of halogens is 1. The zero-order valence-corrected chi connectivity index (χ0v) is 11.7. The van der Waals surface area contributed by atoms with Crippen LogP contribution in [0.3, 0.4) is 0 Å². The first-order valence-corrected chi connectivity index (χ1v) is 6.36. The second-order valence-corrected chi connectivity index (χ2v) is 4.63. The lowest BCUT2D eigenvalue weighted by Gasteiger charge is -2.10. The molecular formula is C15H15FN2O3. The van der Waals surface area contributed by atoms with Crippen LogP contribution in [-0.4, -0.2) is 12.0 Å². The van der Waals surface area contributed by atoms with Crippen molar-refractivity contribution in [3.8, 4) is 11.5 Å². The van der Waals surface area contributed by atoms with Crippen LogP contribution in [0.2, 0.25) is 0 Å². The summed E-state index contributed by atoms with van der Waals surface area (Å²) in [6, 6.07) is 8.68. The highest BCUT2D eigenvalue weighted by Gasteiger charge is 2.11. The molecule has 0 aromatic heterocycles. The second-order valence-electron chi connectivity index (χ2n) is 4.63. The number of non-ortho nitro benzene ring substituents is 1. The van der Waals surface area contributed by atoms with Gasteiger partial charge in [-0.2, -0.15) is 0 Å². The maximum Gasteiger partial charge on any atom is 0.273 e. The Kier molecular flexibility index (Phi) is 4.49. The minimum Gasteiger partial charge on any atom is -0.457 e. The number of benzene rings is 2. The summed E-state index contributed by atoms with van der Waals surface area (Å²) in [6.45, 7) is 2.27. The van der Waals surface area contributed by atoms with Gasteiger partial charge in [0.1, 0.15) is 17.3 Å². The molecule has 0 bridgehead atoms. The van der Waals surface area contributed by atoms with Gasteiger partial charge >= 0.3 is 0 Å². The maximum absolute atomic E-state index is 13.5. The van der Waals surface area contributed by atoms with E-state index in [2.05, 4.69) is 5.32 Å². The molecule has 0 spiro atoms. The summed E-state index contributed by atoms with van der Waals surface area (Å²) in [6.07, 6.45) is 0. The minimum absolute atomic E-state index is 0.0672. The van der Waals surface area contributed by atoms with Crippen molar-refractivity contribution in [3.63, 3.8) is 0 Å². The van der Waals surface area contributed by atoms with E-state index in [1.807, 2.05) is 0 Å². The van der Waals surface area contributed by atoms with Crippen LogP contribution in [0.4, 0.5) is 10.1 Å². The molecule has 0 saturated heterocycles. The van der Waals surface area contributed by atoms with E-state index in [9.17, 15) is 14.5 Å². The molecule has 6 heteroatoms. The molecule has 0 radical (unpaired) electrons. The molecular weight excluding hydrogens is 275 g/mol. The summed E-state index contributed by atoms with van der Waals surface area (Å²) < 4.78 is 19.1. The van der Waals surface area contributed by atoms with Gasteiger partial charge in [-0.1, -0.05) is 0 Å². The van der Waals surface area contributed by atoms with Crippen LogP contribution >= 0.6 is 0 Å². The van der Waals surface area contributed by atoms with E-state index in [-0.39, 0.29) is 5.69 Å². The van der Waals surface area contributed by atoms with Crippen molar-refractivity contribution < 1.29 is 14.1 Å². The number of nitro groups is 1. The van der Waals surface area contributed by atoms with Gasteiger partial charge < -0.3 is 10.1 Å². The molecule has 0 amide bonds. The molecule has 5 nitrogen and oxygen atoms in total. The summed E-state index contributed by atoms with van der Waals surface area (Å²) in [5.74, 6) is 0.231. The first-order chi connectivity index (χ1) is 9.99. The second kappa shape index (κ2) is 6.32. The first-order valence-electron chi connectivity index (χ1n) is 6.36. The van der Waals surface area contributed by atoms with Crippen LogP contribution in [0, 0.1) is 22.9 Å². The fourth-order valence-corrected chi connectivity index (χ4v) is 1.93. The Morgan fingerprint density at radius 2 is 2.05 bits per heavy atom. The average Bonchev–Trinajstić information content (AvgIpc) is 2.40. The Morgan fingerprint density at radius 3 is 2.71 bits per heavy atom. The fraction of sp³-hybridized carbons (Fsp3) is 0.200. The molecule has 2 aromatic rings. The van der Waals surface area contributed by atoms with E-state index in [1.54, 1.807) is 26.1 Å². The predicted octanol–water partition coefficient (Wildman–Crippen LogP) is 3.55. The topological polar surface area (TPSA) is 64.4 Å². The van der Waals surface area contributed by atoms with Crippen molar-refractivity contribution in [1.29, 1.82) is 0 Å². The number of ether oxygens (including phenoxy) is 1. The van der Waals surface area contributed by atoms with E-state index in [4.69, 9.17) is 4.74 Å². The van der Waals surface area contributed by atoms with Gasteiger partial charge in [0.25, 0.3) is 5.69 Å². The molecule has 110 valence electrons. The van der Waals surface area contributed by atoms with Crippen molar-refractivity contribution in [3.05, 3.63) is 63.5 Å². The highest BCUT2D eigenvalue weighted by molar-refractivity contribution is 5.46. The Morgan fingerprint density at radius 1 is 1.29 bits per heavy atom. The first kappa shape index (κ1) is 14.9. The van der Waals surface area contributed by atoms with Gasteiger partial charge in [0.05, 0.1) is 11.0 Å².